The molecule has 20 heavy (non-hydrogen) atoms. The van der Waals surface area contributed by atoms with Crippen LogP contribution in [0.15, 0.2) is 22.7 Å². The lowest BCUT2D eigenvalue weighted by atomic mass is 10.0. The van der Waals surface area contributed by atoms with Gasteiger partial charge in [0.2, 0.25) is 0 Å². The molecule has 1 aromatic heterocycles. The van der Waals surface area contributed by atoms with Crippen molar-refractivity contribution >= 4 is 5.69 Å². The van der Waals surface area contributed by atoms with E-state index in [0.29, 0.717) is 23.1 Å². The van der Waals surface area contributed by atoms with E-state index in [2.05, 4.69) is 17.1 Å². The van der Waals surface area contributed by atoms with Crippen LogP contribution in [0.2, 0.25) is 0 Å². The van der Waals surface area contributed by atoms with Crippen LogP contribution < -0.4 is 5.73 Å². The smallest absolute Gasteiger partial charge is 0.260 e. The summed E-state index contributed by atoms with van der Waals surface area (Å²) < 4.78 is 18.3. The second-order valence-corrected chi connectivity index (χ2v) is 5.47. The Kier molecular flexibility index (Phi) is 3.42. The van der Waals surface area contributed by atoms with E-state index in [9.17, 15) is 4.39 Å². The molecule has 5 heteroatoms. The van der Waals surface area contributed by atoms with Crippen molar-refractivity contribution in [3.05, 3.63) is 29.8 Å². The fraction of sp³-hybridized carbons (Fsp3) is 0.467. The Balaban J connectivity index is 1.83. The van der Waals surface area contributed by atoms with E-state index in [4.69, 9.17) is 10.3 Å². The Morgan fingerprint density at radius 2 is 2.25 bits per heavy atom. The maximum atomic E-state index is 13.0. The molecule has 0 saturated heterocycles. The Labute approximate surface area is 117 Å². The largest absolute Gasteiger partial charge is 0.398 e. The van der Waals surface area contributed by atoms with Crippen LogP contribution in [0.25, 0.3) is 11.5 Å². The second-order valence-electron chi connectivity index (χ2n) is 5.47. The lowest BCUT2D eigenvalue weighted by Gasteiger charge is -2.04. The number of rotatable bonds is 3. The van der Waals surface area contributed by atoms with E-state index in [1.165, 1.54) is 25.0 Å². The van der Waals surface area contributed by atoms with Gasteiger partial charge in [0.25, 0.3) is 5.89 Å². The summed E-state index contributed by atoms with van der Waals surface area (Å²) in [5.74, 6) is 1.89. The average Bonchev–Trinajstić information content (AvgIpc) is 3.07. The molecule has 3 rings (SSSR count). The predicted molar refractivity (Wildman–Crippen MR) is 74.5 cm³/mol. The normalized spacial score (nSPS) is 22.3. The third-order valence-electron chi connectivity index (χ3n) is 4.17. The van der Waals surface area contributed by atoms with Gasteiger partial charge in [0.05, 0.1) is 5.56 Å². The van der Waals surface area contributed by atoms with Crippen molar-refractivity contribution in [3.8, 4) is 11.5 Å². The summed E-state index contributed by atoms with van der Waals surface area (Å²) in [6, 6.07) is 4.19. The summed E-state index contributed by atoms with van der Waals surface area (Å²) in [7, 11) is 0. The molecule has 1 aromatic carbocycles. The van der Waals surface area contributed by atoms with Crippen molar-refractivity contribution in [2.75, 3.05) is 5.73 Å². The molecule has 2 atom stereocenters. The molecule has 2 unspecified atom stereocenters. The molecular formula is C15H18FN3O. The minimum atomic E-state index is -0.368. The molecule has 2 N–H and O–H groups in total. The number of nitrogens with zero attached hydrogens (tertiary/aromatic N) is 2. The first-order valence-electron chi connectivity index (χ1n) is 7.06. The van der Waals surface area contributed by atoms with Crippen LogP contribution in [0.1, 0.15) is 44.3 Å². The molecule has 0 bridgehead atoms. The number of aromatic nitrogens is 2. The quantitative estimate of drug-likeness (QED) is 0.866. The molecule has 1 saturated carbocycles. The van der Waals surface area contributed by atoms with Gasteiger partial charge in [-0.2, -0.15) is 4.98 Å². The van der Waals surface area contributed by atoms with Gasteiger partial charge >= 0.3 is 0 Å². The number of halogens is 1. The highest BCUT2D eigenvalue weighted by Gasteiger charge is 2.28. The summed E-state index contributed by atoms with van der Waals surface area (Å²) >= 11 is 0. The minimum absolute atomic E-state index is 0.318. The van der Waals surface area contributed by atoms with Gasteiger partial charge in [0.15, 0.2) is 5.82 Å². The highest BCUT2D eigenvalue weighted by atomic mass is 19.1. The number of hydrogen-bond donors (Lipinski definition) is 1. The van der Waals surface area contributed by atoms with Gasteiger partial charge in [-0.05, 0) is 43.4 Å². The zero-order chi connectivity index (χ0) is 14.1. The van der Waals surface area contributed by atoms with Gasteiger partial charge < -0.3 is 10.3 Å². The molecule has 0 spiro atoms. The van der Waals surface area contributed by atoms with Gasteiger partial charge in [-0.25, -0.2) is 4.39 Å². The summed E-state index contributed by atoms with van der Waals surface area (Å²) in [6.45, 7) is 2.22. The Morgan fingerprint density at radius 3 is 2.95 bits per heavy atom. The van der Waals surface area contributed by atoms with Crippen molar-refractivity contribution < 1.29 is 8.91 Å². The molecule has 4 nitrogen and oxygen atoms in total. The molecule has 0 amide bonds. The van der Waals surface area contributed by atoms with Crippen LogP contribution in [-0.4, -0.2) is 10.1 Å². The SMILES string of the molecule is CCC1CCC(c2noc(-c3ccc(F)cc3N)n2)C1. The maximum Gasteiger partial charge on any atom is 0.260 e. The Bertz CT molecular complexity index is 611. The van der Waals surface area contributed by atoms with E-state index in [-0.39, 0.29) is 5.82 Å². The summed E-state index contributed by atoms with van der Waals surface area (Å²) in [6.07, 6.45) is 4.65. The molecule has 1 heterocycles. The third-order valence-corrected chi connectivity index (χ3v) is 4.17. The van der Waals surface area contributed by atoms with E-state index < -0.39 is 0 Å². The van der Waals surface area contributed by atoms with Crippen molar-refractivity contribution in [2.45, 2.75) is 38.5 Å². The van der Waals surface area contributed by atoms with E-state index in [1.54, 1.807) is 6.07 Å². The predicted octanol–water partition coefficient (Wildman–Crippen LogP) is 3.75. The van der Waals surface area contributed by atoms with Crippen LogP contribution in [0.4, 0.5) is 10.1 Å². The Hall–Kier alpha value is -1.91. The topological polar surface area (TPSA) is 64.9 Å². The number of hydrogen-bond acceptors (Lipinski definition) is 4. The first kappa shape index (κ1) is 13.1. The van der Waals surface area contributed by atoms with Crippen LogP contribution in [0.3, 0.4) is 0 Å². The fourth-order valence-electron chi connectivity index (χ4n) is 2.92. The van der Waals surface area contributed by atoms with Crippen molar-refractivity contribution in [1.29, 1.82) is 0 Å². The monoisotopic (exact) mass is 275 g/mol. The van der Waals surface area contributed by atoms with Crippen molar-refractivity contribution in [3.63, 3.8) is 0 Å². The lowest BCUT2D eigenvalue weighted by molar-refractivity contribution is 0.414. The molecule has 2 aromatic rings. The lowest BCUT2D eigenvalue weighted by Crippen LogP contribution is -1.97. The van der Waals surface area contributed by atoms with Gasteiger partial charge in [0.1, 0.15) is 5.82 Å². The standard InChI is InChI=1S/C15H18FN3O/c1-2-9-3-4-10(7-9)14-18-15(20-19-14)12-6-5-11(16)8-13(12)17/h5-6,8-10H,2-4,7,17H2,1H3. The van der Waals surface area contributed by atoms with E-state index in [1.807, 2.05) is 0 Å². The van der Waals surface area contributed by atoms with Gasteiger partial charge in [-0.15, -0.1) is 0 Å². The van der Waals surface area contributed by atoms with Crippen LogP contribution in [-0.2, 0) is 0 Å². The van der Waals surface area contributed by atoms with Gasteiger partial charge in [-0.1, -0.05) is 18.5 Å². The number of anilines is 1. The molecule has 1 fully saturated rings. The summed E-state index contributed by atoms with van der Waals surface area (Å²) in [4.78, 5) is 4.44. The van der Waals surface area contributed by atoms with Gasteiger partial charge in [0, 0.05) is 11.6 Å². The van der Waals surface area contributed by atoms with Crippen molar-refractivity contribution in [2.24, 2.45) is 5.92 Å². The maximum absolute atomic E-state index is 13.0. The second kappa shape index (κ2) is 5.23. The van der Waals surface area contributed by atoms with E-state index >= 15 is 0 Å². The highest BCUT2D eigenvalue weighted by molar-refractivity contribution is 5.70. The first-order chi connectivity index (χ1) is 9.67. The zero-order valence-corrected chi connectivity index (χ0v) is 11.5. The van der Waals surface area contributed by atoms with Crippen LogP contribution >= 0.6 is 0 Å². The Morgan fingerprint density at radius 1 is 1.40 bits per heavy atom. The number of nitrogens with two attached hydrogens (primary N) is 1. The fourth-order valence-corrected chi connectivity index (χ4v) is 2.92. The average molecular weight is 275 g/mol. The molecule has 0 radical (unpaired) electrons. The number of nitrogen functional groups attached to an aromatic ring is 1. The third kappa shape index (κ3) is 2.40. The van der Waals surface area contributed by atoms with Crippen LogP contribution in [0, 0.1) is 11.7 Å². The summed E-state index contributed by atoms with van der Waals surface area (Å²) in [5, 5.41) is 4.07. The first-order valence-corrected chi connectivity index (χ1v) is 7.06. The minimum Gasteiger partial charge on any atom is -0.398 e. The van der Waals surface area contributed by atoms with Crippen molar-refractivity contribution in [1.82, 2.24) is 10.1 Å². The number of benzene rings is 1. The van der Waals surface area contributed by atoms with E-state index in [0.717, 1.165) is 24.6 Å². The van der Waals surface area contributed by atoms with Crippen LogP contribution in [0.5, 0.6) is 0 Å². The molecule has 1 aliphatic carbocycles. The summed E-state index contributed by atoms with van der Waals surface area (Å²) in [5.41, 5.74) is 6.70. The highest BCUT2D eigenvalue weighted by Crippen LogP contribution is 2.39. The zero-order valence-electron chi connectivity index (χ0n) is 11.5. The molecule has 0 aliphatic heterocycles. The van der Waals surface area contributed by atoms with Gasteiger partial charge in [-0.3, -0.25) is 0 Å². The molecule has 106 valence electrons. The molecular weight excluding hydrogens is 257 g/mol. The molecule has 1 aliphatic rings.